The van der Waals surface area contributed by atoms with Crippen molar-refractivity contribution < 1.29 is 14.3 Å². The molecule has 0 fully saturated rings. The molecule has 2 rings (SSSR count). The topological polar surface area (TPSA) is 93.5 Å². The van der Waals surface area contributed by atoms with Crippen molar-refractivity contribution in [3.05, 3.63) is 65.7 Å². The number of halogens is 1. The molecule has 0 saturated carbocycles. The van der Waals surface area contributed by atoms with E-state index in [1.165, 1.54) is 0 Å². The first-order chi connectivity index (χ1) is 13.0. The number of benzene rings is 2. The molecule has 0 aromatic heterocycles. The van der Waals surface area contributed by atoms with Crippen molar-refractivity contribution in [1.82, 2.24) is 10.6 Å². The molecule has 0 heterocycles. The number of carbonyl (C=O) groups excluding carboxylic acids is 2. The van der Waals surface area contributed by atoms with E-state index in [1.807, 2.05) is 68.4 Å². The fraction of sp³-hybridized carbons (Fsp3) is 0.333. The van der Waals surface area contributed by atoms with Crippen LogP contribution in [0.5, 0.6) is 5.75 Å². The van der Waals surface area contributed by atoms with Gasteiger partial charge in [0.2, 0.25) is 11.8 Å². The van der Waals surface area contributed by atoms with Crippen LogP contribution in [-0.4, -0.2) is 24.4 Å². The van der Waals surface area contributed by atoms with Crippen LogP contribution in [0.25, 0.3) is 0 Å². The minimum atomic E-state index is -0.612. The lowest BCUT2D eigenvalue weighted by molar-refractivity contribution is -0.127. The molecule has 0 aliphatic rings. The monoisotopic (exact) mass is 405 g/mol. The third kappa shape index (κ3) is 7.98. The highest BCUT2D eigenvalue weighted by atomic mass is 35.5. The van der Waals surface area contributed by atoms with E-state index in [9.17, 15) is 9.59 Å². The molecule has 0 aliphatic carbocycles. The number of hydrogen-bond donors (Lipinski definition) is 3. The summed E-state index contributed by atoms with van der Waals surface area (Å²) in [6, 6.07) is 16.8. The number of hydrogen-bond acceptors (Lipinski definition) is 4. The van der Waals surface area contributed by atoms with E-state index in [1.54, 1.807) is 0 Å². The second kappa shape index (κ2) is 12.0. The van der Waals surface area contributed by atoms with E-state index in [4.69, 9.17) is 10.5 Å². The number of rotatable bonds is 9. The van der Waals surface area contributed by atoms with E-state index < -0.39 is 6.04 Å². The van der Waals surface area contributed by atoms with Gasteiger partial charge in [-0.15, -0.1) is 12.4 Å². The zero-order valence-corrected chi connectivity index (χ0v) is 17.0. The molecule has 2 aromatic rings. The molecule has 2 amide bonds. The average Bonchev–Trinajstić information content (AvgIpc) is 2.69. The van der Waals surface area contributed by atoms with Crippen molar-refractivity contribution in [1.29, 1.82) is 0 Å². The lowest BCUT2D eigenvalue weighted by Crippen LogP contribution is -2.47. The third-order valence-electron chi connectivity index (χ3n) is 4.07. The first-order valence-corrected chi connectivity index (χ1v) is 9.01. The summed E-state index contributed by atoms with van der Waals surface area (Å²) in [5, 5.41) is 5.34. The molecule has 28 heavy (non-hydrogen) atoms. The zero-order chi connectivity index (χ0) is 19.6. The molecule has 2 aromatic carbocycles. The van der Waals surface area contributed by atoms with E-state index in [2.05, 4.69) is 10.6 Å². The van der Waals surface area contributed by atoms with Crippen LogP contribution in [0.15, 0.2) is 54.6 Å². The first kappa shape index (κ1) is 23.5. The smallest absolute Gasteiger partial charge is 0.239 e. The standard InChI is InChI=1S/C21H27N3O3.ClH/c1-15(2)20(22)21(26)24-13-19(25)23-12-16-7-6-8-17(11-16)14-27-18-9-4-3-5-10-18;/h3-11,15,20H,12-14,22H2,1-2H3,(H,23,25)(H,24,26);1H/t20-;/m0./s1. The molecule has 0 aliphatic heterocycles. The zero-order valence-electron chi connectivity index (χ0n) is 16.2. The lowest BCUT2D eigenvalue weighted by atomic mass is 10.1. The second-order valence-corrected chi connectivity index (χ2v) is 6.69. The Balaban J connectivity index is 0.00000392. The van der Waals surface area contributed by atoms with Gasteiger partial charge in [-0.05, 0) is 29.2 Å². The quantitative estimate of drug-likeness (QED) is 0.597. The van der Waals surface area contributed by atoms with Gasteiger partial charge in [-0.1, -0.05) is 56.3 Å². The first-order valence-electron chi connectivity index (χ1n) is 9.01. The molecule has 0 radical (unpaired) electrons. The molecule has 0 spiro atoms. The molecule has 0 bridgehead atoms. The minimum Gasteiger partial charge on any atom is -0.489 e. The predicted molar refractivity (Wildman–Crippen MR) is 112 cm³/mol. The fourth-order valence-corrected chi connectivity index (χ4v) is 2.36. The Hall–Kier alpha value is -2.57. The molecule has 7 heteroatoms. The Morgan fingerprint density at radius 3 is 2.36 bits per heavy atom. The number of para-hydroxylation sites is 1. The van der Waals surface area contributed by atoms with Crippen LogP contribution in [0.1, 0.15) is 25.0 Å². The van der Waals surface area contributed by atoms with Gasteiger partial charge in [0.25, 0.3) is 0 Å². The second-order valence-electron chi connectivity index (χ2n) is 6.69. The molecule has 0 saturated heterocycles. The van der Waals surface area contributed by atoms with Crippen LogP contribution in [0, 0.1) is 5.92 Å². The number of nitrogens with one attached hydrogen (secondary N) is 2. The van der Waals surface area contributed by atoms with Crippen LogP contribution >= 0.6 is 12.4 Å². The Morgan fingerprint density at radius 1 is 1.00 bits per heavy atom. The fourth-order valence-electron chi connectivity index (χ4n) is 2.36. The van der Waals surface area contributed by atoms with Gasteiger partial charge in [-0.2, -0.15) is 0 Å². The van der Waals surface area contributed by atoms with Gasteiger partial charge in [0.1, 0.15) is 12.4 Å². The summed E-state index contributed by atoms with van der Waals surface area (Å²) in [6.07, 6.45) is 0. The Labute approximate surface area is 172 Å². The molecule has 6 nitrogen and oxygen atoms in total. The van der Waals surface area contributed by atoms with Crippen molar-refractivity contribution >= 4 is 24.2 Å². The molecular formula is C21H28ClN3O3. The highest BCUT2D eigenvalue weighted by Crippen LogP contribution is 2.12. The molecule has 1 atom stereocenters. The Morgan fingerprint density at radius 2 is 1.68 bits per heavy atom. The van der Waals surface area contributed by atoms with Gasteiger partial charge >= 0.3 is 0 Å². The summed E-state index contributed by atoms with van der Waals surface area (Å²) in [7, 11) is 0. The Bertz CT molecular complexity index is 754. The van der Waals surface area contributed by atoms with Gasteiger partial charge < -0.3 is 21.1 Å². The highest BCUT2D eigenvalue weighted by molar-refractivity contribution is 5.87. The lowest BCUT2D eigenvalue weighted by Gasteiger charge is -2.15. The van der Waals surface area contributed by atoms with E-state index in [0.29, 0.717) is 13.2 Å². The summed E-state index contributed by atoms with van der Waals surface area (Å²) in [5.74, 6) is 0.255. The number of amides is 2. The van der Waals surface area contributed by atoms with Gasteiger partial charge in [0.15, 0.2) is 0 Å². The normalized spacial score (nSPS) is 11.3. The predicted octanol–water partition coefficient (Wildman–Crippen LogP) is 2.40. The minimum absolute atomic E-state index is 0. The highest BCUT2D eigenvalue weighted by Gasteiger charge is 2.17. The number of nitrogens with two attached hydrogens (primary N) is 1. The number of carbonyl (C=O) groups is 2. The van der Waals surface area contributed by atoms with Crippen LogP contribution in [0.3, 0.4) is 0 Å². The summed E-state index contributed by atoms with van der Waals surface area (Å²) in [4.78, 5) is 23.7. The van der Waals surface area contributed by atoms with Gasteiger partial charge in [-0.3, -0.25) is 9.59 Å². The van der Waals surface area contributed by atoms with Crippen molar-refractivity contribution in [2.24, 2.45) is 11.7 Å². The van der Waals surface area contributed by atoms with Crippen molar-refractivity contribution in [2.75, 3.05) is 6.54 Å². The van der Waals surface area contributed by atoms with Crippen molar-refractivity contribution in [3.63, 3.8) is 0 Å². The molecule has 0 unspecified atom stereocenters. The summed E-state index contributed by atoms with van der Waals surface area (Å²) >= 11 is 0. The molecular weight excluding hydrogens is 378 g/mol. The third-order valence-corrected chi connectivity index (χ3v) is 4.07. The van der Waals surface area contributed by atoms with Crippen molar-refractivity contribution in [2.45, 2.75) is 33.0 Å². The number of ether oxygens (including phenoxy) is 1. The van der Waals surface area contributed by atoms with Crippen LogP contribution in [-0.2, 0) is 22.7 Å². The SMILES string of the molecule is CC(C)[C@H](N)C(=O)NCC(=O)NCc1cccc(COc2ccccc2)c1.Cl. The maximum absolute atomic E-state index is 11.9. The van der Waals surface area contributed by atoms with Gasteiger partial charge in [-0.25, -0.2) is 0 Å². The maximum atomic E-state index is 11.9. The Kier molecular flexibility index (Phi) is 10.1. The van der Waals surface area contributed by atoms with Gasteiger partial charge in [0, 0.05) is 6.54 Å². The summed E-state index contributed by atoms with van der Waals surface area (Å²) in [5.41, 5.74) is 7.72. The van der Waals surface area contributed by atoms with E-state index in [0.717, 1.165) is 16.9 Å². The summed E-state index contributed by atoms with van der Waals surface area (Å²) < 4.78 is 5.73. The van der Waals surface area contributed by atoms with Gasteiger partial charge in [0.05, 0.1) is 12.6 Å². The van der Waals surface area contributed by atoms with E-state index >= 15 is 0 Å². The average molecular weight is 406 g/mol. The van der Waals surface area contributed by atoms with Crippen LogP contribution in [0.2, 0.25) is 0 Å². The largest absolute Gasteiger partial charge is 0.489 e. The summed E-state index contributed by atoms with van der Waals surface area (Å²) in [6.45, 7) is 4.47. The molecule has 4 N–H and O–H groups in total. The van der Waals surface area contributed by atoms with E-state index in [-0.39, 0.29) is 36.7 Å². The van der Waals surface area contributed by atoms with Crippen molar-refractivity contribution in [3.8, 4) is 5.75 Å². The van der Waals surface area contributed by atoms with Crippen LogP contribution in [0.4, 0.5) is 0 Å². The molecule has 152 valence electrons. The van der Waals surface area contributed by atoms with Crippen LogP contribution < -0.4 is 21.1 Å². The maximum Gasteiger partial charge on any atom is 0.239 e.